The SMILES string of the molecule is CCCc1ccc(CBr)cc1.CCCc1ccc(Cn2c(-c3ccccc3Cl)c(F)c3cc(C)ccc32)cc1.CCCc1ccc(Cn2c(-c3ccccc3Cl)c(F)c3cc(C)ccc32)cc1.Cc1ccc(N)c(C=C(Br)Br)c1.Cc1ccc2[nH]c(-c3ccccc3Cl)c(F)c2c1.Cc1ccc2[nH]c(-c3ccccc3Cl)cc2c1.Cc1ccc2c(c1)c(F)c(-c1ccccc1Cl)n2Cc1ccc(CCO)cc1.NC1CC1. The number of hydrogen-bond donors (Lipinski definition) is 5. The van der Waals surface area contributed by atoms with Crippen LogP contribution < -0.4 is 11.5 Å². The summed E-state index contributed by atoms with van der Waals surface area (Å²) in [5.41, 5.74) is 40.8. The van der Waals surface area contributed by atoms with Crippen LogP contribution in [0.1, 0.15) is 136 Å². The molecule has 0 unspecified atom stereocenters. The molecule has 8 nitrogen and oxygen atoms in total. The molecule has 21 rings (SSSR count). The molecule has 0 saturated heterocycles. The predicted octanol–water partition coefficient (Wildman–Crippen LogP) is 37.9. The van der Waals surface area contributed by atoms with Gasteiger partial charge in [-0.3, -0.25) is 0 Å². The van der Waals surface area contributed by atoms with E-state index >= 15 is 13.2 Å². The van der Waals surface area contributed by atoms with Gasteiger partial charge in [0.05, 0.1) is 42.7 Å². The molecule has 1 aliphatic carbocycles. The maximum Gasteiger partial charge on any atom is 0.156 e. The summed E-state index contributed by atoms with van der Waals surface area (Å²) < 4.78 is 67.9. The van der Waals surface area contributed by atoms with Gasteiger partial charge in [0, 0.05) is 140 Å². The fraction of sp³-hybridized carbons (Fsp3) is 0.190. The fourth-order valence-corrected chi connectivity index (χ4v) is 19.5. The number of rotatable bonds is 21. The van der Waals surface area contributed by atoms with Crippen molar-refractivity contribution >= 4 is 172 Å². The third-order valence-corrected chi connectivity index (χ3v) is 28.0. The zero-order valence-corrected chi connectivity index (χ0v) is 91.8. The summed E-state index contributed by atoms with van der Waals surface area (Å²) in [6.45, 7) is 20.4. The molecule has 0 radical (unpaired) electrons. The first-order valence-corrected chi connectivity index (χ1v) is 53.7. The van der Waals surface area contributed by atoms with Crippen molar-refractivity contribution in [3.05, 3.63) is 469 Å². The second-order valence-electron chi connectivity index (χ2n) is 36.9. The number of fused-ring (bicyclic) bond motifs is 5. The lowest BCUT2D eigenvalue weighted by Gasteiger charge is -2.13. The van der Waals surface area contributed by atoms with Crippen LogP contribution in [-0.4, -0.2) is 41.4 Å². The van der Waals surface area contributed by atoms with Crippen molar-refractivity contribution in [2.24, 2.45) is 5.73 Å². The molecule has 5 heterocycles. The van der Waals surface area contributed by atoms with Crippen molar-refractivity contribution in [3.8, 4) is 56.3 Å². The van der Waals surface area contributed by atoms with Crippen molar-refractivity contribution in [1.82, 2.24) is 23.7 Å². The lowest BCUT2D eigenvalue weighted by atomic mass is 10.1. The van der Waals surface area contributed by atoms with Gasteiger partial charge in [-0.2, -0.15) is 0 Å². The van der Waals surface area contributed by atoms with Crippen molar-refractivity contribution < 1.29 is 22.7 Å². The van der Waals surface area contributed by atoms with Gasteiger partial charge in [-0.25, -0.2) is 17.6 Å². The number of nitrogen functional groups attached to an aromatic ring is 1. The summed E-state index contributed by atoms with van der Waals surface area (Å²) in [6.07, 6.45) is 11.9. The van der Waals surface area contributed by atoms with Crippen LogP contribution >= 0.6 is 106 Å². The van der Waals surface area contributed by atoms with Crippen molar-refractivity contribution in [1.29, 1.82) is 0 Å². The average molecular weight is 2240 g/mol. The largest absolute Gasteiger partial charge is 0.398 e. The Kier molecular flexibility index (Phi) is 39.5. The maximum atomic E-state index is 15.5. The number of alkyl halides is 1. The van der Waals surface area contributed by atoms with E-state index in [1.54, 1.807) is 12.1 Å². The number of benzene rings is 15. The molecule has 20 heteroatoms. The zero-order valence-electron chi connectivity index (χ0n) is 83.3. The minimum atomic E-state index is -0.248. The van der Waals surface area contributed by atoms with Crippen molar-refractivity contribution in [2.75, 3.05) is 12.3 Å². The first-order chi connectivity index (χ1) is 70.5. The van der Waals surface area contributed by atoms with Gasteiger partial charge in [0.25, 0.3) is 0 Å². The summed E-state index contributed by atoms with van der Waals surface area (Å²) in [6, 6.07) is 110. The Morgan fingerprint density at radius 1 is 0.356 bits per heavy atom. The molecule has 5 aromatic heterocycles. The Balaban J connectivity index is 0.000000137. The van der Waals surface area contributed by atoms with Gasteiger partial charge in [-0.1, -0.05) is 372 Å². The number of nitrogens with one attached hydrogen (secondary N) is 2. The number of aliphatic hydroxyl groups excluding tert-OH is 1. The lowest BCUT2D eigenvalue weighted by molar-refractivity contribution is 0.299. The highest BCUT2D eigenvalue weighted by atomic mass is 79.9. The third kappa shape index (κ3) is 28.5. The number of nitrogens with two attached hydrogens (primary N) is 2. The molecular formula is C126H119Br3Cl5F4N7O. The number of hydrogen-bond acceptors (Lipinski definition) is 3. The average Bonchev–Trinajstić information content (AvgIpc) is 1.61. The highest BCUT2D eigenvalue weighted by molar-refractivity contribution is 9.28. The van der Waals surface area contributed by atoms with Gasteiger partial charge in [0.1, 0.15) is 0 Å². The number of aryl methyl sites for hydroxylation is 9. The number of aromatic amines is 2. The number of halogens is 12. The third-order valence-electron chi connectivity index (χ3n) is 25.2. The van der Waals surface area contributed by atoms with E-state index in [0.717, 1.165) is 145 Å². The number of aromatic nitrogens is 5. The van der Waals surface area contributed by atoms with Gasteiger partial charge >= 0.3 is 0 Å². The summed E-state index contributed by atoms with van der Waals surface area (Å²) in [5.74, 6) is -0.922. The number of aliphatic hydroxyl groups is 1. The molecule has 1 saturated carbocycles. The second-order valence-corrected chi connectivity index (χ2v) is 42.2. The van der Waals surface area contributed by atoms with E-state index in [-0.39, 0.29) is 29.9 Å². The van der Waals surface area contributed by atoms with Crippen LogP contribution in [0.15, 0.2) is 337 Å². The van der Waals surface area contributed by atoms with E-state index in [1.807, 2.05) is 279 Å². The van der Waals surface area contributed by atoms with Gasteiger partial charge in [0.15, 0.2) is 23.3 Å². The highest BCUT2D eigenvalue weighted by Crippen LogP contribution is 2.43. The summed E-state index contributed by atoms with van der Waals surface area (Å²) >= 11 is 41.6. The smallest absolute Gasteiger partial charge is 0.156 e. The quantitative estimate of drug-likeness (QED) is 0.0280. The van der Waals surface area contributed by atoms with Crippen LogP contribution in [0.3, 0.4) is 0 Å². The summed E-state index contributed by atoms with van der Waals surface area (Å²) in [7, 11) is 0. The molecule has 0 amide bonds. The summed E-state index contributed by atoms with van der Waals surface area (Å²) in [4.78, 5) is 6.48. The first kappa shape index (κ1) is 110. The Morgan fingerprint density at radius 2 is 0.664 bits per heavy atom. The van der Waals surface area contributed by atoms with Crippen molar-refractivity contribution in [2.45, 2.75) is 151 Å². The summed E-state index contributed by atoms with van der Waals surface area (Å²) in [5, 5.41) is 16.7. The molecule has 20 aromatic rings. The molecular weight excluding hydrogens is 2120 g/mol. The number of anilines is 1. The van der Waals surface area contributed by atoms with Crippen LogP contribution in [0, 0.1) is 64.8 Å². The molecule has 0 atom stereocenters. The predicted molar refractivity (Wildman–Crippen MR) is 625 cm³/mol. The minimum absolute atomic E-state index is 0.128. The molecule has 1 fully saturated rings. The lowest BCUT2D eigenvalue weighted by Crippen LogP contribution is -2.03. The molecule has 748 valence electrons. The Morgan fingerprint density at radius 3 is 1.01 bits per heavy atom. The molecule has 7 N–H and O–H groups in total. The Hall–Kier alpha value is -11.9. The first-order valence-electron chi connectivity index (χ1n) is 49.1. The van der Waals surface area contributed by atoms with Gasteiger partial charge in [0.2, 0.25) is 0 Å². The normalized spacial score (nSPS) is 11.4. The number of nitrogens with zero attached hydrogens (tertiary/aromatic N) is 3. The van der Waals surface area contributed by atoms with Gasteiger partial charge in [-0.15, -0.1) is 0 Å². The monoisotopic (exact) mass is 2230 g/mol. The molecule has 0 spiro atoms. The van der Waals surface area contributed by atoms with E-state index in [1.165, 1.54) is 64.5 Å². The molecule has 0 aliphatic heterocycles. The molecule has 0 bridgehead atoms. The van der Waals surface area contributed by atoms with E-state index in [2.05, 4.69) is 183 Å². The molecule has 146 heavy (non-hydrogen) atoms. The number of H-pyrrole nitrogens is 2. The fourth-order valence-electron chi connectivity index (χ4n) is 17.5. The van der Waals surface area contributed by atoms with Gasteiger partial charge < -0.3 is 40.2 Å². The minimum Gasteiger partial charge on any atom is -0.398 e. The van der Waals surface area contributed by atoms with Crippen LogP contribution in [0.5, 0.6) is 0 Å². The molecule has 15 aromatic carbocycles. The second kappa shape index (κ2) is 52.6. The zero-order chi connectivity index (χ0) is 104. The Bertz CT molecular complexity index is 7440. The topological polar surface area (TPSA) is 119 Å². The van der Waals surface area contributed by atoms with Crippen LogP contribution in [-0.2, 0) is 50.6 Å². The van der Waals surface area contributed by atoms with Crippen LogP contribution in [0.25, 0.3) is 117 Å². The standard InChI is InChI=1S/2C25H23ClFN.C24H21ClFNO.C15H11ClFN.C15H12ClN.C10H13Br.C9H9Br2N.C3H7N/c2*1-3-6-18-10-12-19(13-11-18)16-28-23-14-9-17(2)15-21(23)24(27)25(28)20-7-4-5-8-22(20)26;1-16-6-11-22-20(14-16)23(26)24(19-4-2-3-5-21(19)25)27(22)15-18-9-7-17(8-10-18)12-13-28;1-9-6-7-13-11(8-9)14(17)15(18-13)10-4-2-3-5-12(10)16;1-10-6-7-14-11(8-10)9-15(17-14)12-4-2-3-5-13(12)16;1-2-3-9-4-6-10(8-11)7-5-9;1-6-2-3-8(12)7(4-6)5-9(10)11;4-3-1-2-3/h2*4-5,7-15H,3,6,16H2,1-2H3;2-11,14,28H,12-13,15H2,1H3;2-8,18H,1H3;2-9,17H,1H3;4-7H,2-3,8H2,1H3;2-5H,12H2,1H3;3H,1-2,4H2. The van der Waals surface area contributed by atoms with Crippen LogP contribution in [0.2, 0.25) is 25.1 Å². The van der Waals surface area contributed by atoms with E-state index in [9.17, 15) is 4.39 Å². The van der Waals surface area contributed by atoms with Gasteiger partial charge in [-0.05, 0) is 277 Å². The van der Waals surface area contributed by atoms with E-state index in [0.29, 0.717) is 108 Å². The molecule has 1 aliphatic rings. The maximum absolute atomic E-state index is 15.5. The Labute approximate surface area is 904 Å². The van der Waals surface area contributed by atoms with E-state index < -0.39 is 0 Å². The highest BCUT2D eigenvalue weighted by Gasteiger charge is 2.26. The van der Waals surface area contributed by atoms with Crippen LogP contribution in [0.4, 0.5) is 23.2 Å². The van der Waals surface area contributed by atoms with E-state index in [4.69, 9.17) is 74.6 Å². The van der Waals surface area contributed by atoms with Crippen molar-refractivity contribution in [3.63, 3.8) is 0 Å².